The van der Waals surface area contributed by atoms with Crippen molar-refractivity contribution in [2.45, 2.75) is 38.3 Å². The molecular formula is C14H24N2O3S. The molecule has 0 saturated carbocycles. The molecule has 114 valence electrons. The van der Waals surface area contributed by atoms with E-state index in [2.05, 4.69) is 19.2 Å². The van der Waals surface area contributed by atoms with Crippen molar-refractivity contribution in [3.63, 3.8) is 0 Å². The van der Waals surface area contributed by atoms with Gasteiger partial charge in [0.25, 0.3) is 0 Å². The summed E-state index contributed by atoms with van der Waals surface area (Å²) in [6.45, 7) is 7.02. The first-order chi connectivity index (χ1) is 9.32. The Kier molecular flexibility index (Phi) is 5.98. The monoisotopic (exact) mass is 300 g/mol. The van der Waals surface area contributed by atoms with Crippen molar-refractivity contribution in [1.82, 2.24) is 9.62 Å². The van der Waals surface area contributed by atoms with E-state index in [0.717, 1.165) is 5.56 Å². The van der Waals surface area contributed by atoms with Gasteiger partial charge in [-0.1, -0.05) is 26.8 Å². The number of benzene rings is 1. The van der Waals surface area contributed by atoms with Crippen molar-refractivity contribution >= 4 is 10.0 Å². The predicted octanol–water partition coefficient (Wildman–Crippen LogP) is 1.83. The third-order valence-electron chi connectivity index (χ3n) is 3.08. The van der Waals surface area contributed by atoms with Crippen LogP contribution in [-0.4, -0.2) is 39.5 Å². The van der Waals surface area contributed by atoms with Gasteiger partial charge in [-0.05, 0) is 17.7 Å². The second-order valence-corrected chi connectivity index (χ2v) is 6.95. The van der Waals surface area contributed by atoms with Crippen molar-refractivity contribution in [1.29, 1.82) is 0 Å². The summed E-state index contributed by atoms with van der Waals surface area (Å²) in [4.78, 5) is 0.206. The molecule has 0 saturated heterocycles. The Bertz CT molecular complexity index is 541. The molecule has 1 aromatic carbocycles. The highest BCUT2D eigenvalue weighted by atomic mass is 32.2. The van der Waals surface area contributed by atoms with Gasteiger partial charge in [-0.25, -0.2) is 12.7 Å². The molecule has 0 spiro atoms. The number of rotatable bonds is 7. The smallest absolute Gasteiger partial charge is 0.246 e. The summed E-state index contributed by atoms with van der Waals surface area (Å²) in [5.74, 6) is 0.383. The quantitative estimate of drug-likeness (QED) is 0.834. The van der Waals surface area contributed by atoms with Gasteiger partial charge in [-0.3, -0.25) is 0 Å². The molecule has 6 heteroatoms. The molecule has 0 amide bonds. The van der Waals surface area contributed by atoms with E-state index in [0.29, 0.717) is 24.9 Å². The fraction of sp³-hybridized carbons (Fsp3) is 0.571. The van der Waals surface area contributed by atoms with E-state index in [-0.39, 0.29) is 4.90 Å². The molecule has 0 aliphatic heterocycles. The lowest BCUT2D eigenvalue weighted by Gasteiger charge is -2.18. The van der Waals surface area contributed by atoms with Crippen molar-refractivity contribution < 1.29 is 13.2 Å². The fourth-order valence-corrected chi connectivity index (χ4v) is 3.01. The zero-order chi connectivity index (χ0) is 15.3. The molecular weight excluding hydrogens is 276 g/mol. The largest absolute Gasteiger partial charge is 0.495 e. The lowest BCUT2D eigenvalue weighted by molar-refractivity contribution is 0.398. The lowest BCUT2D eigenvalue weighted by atomic mass is 10.2. The molecule has 0 unspecified atom stereocenters. The minimum atomic E-state index is -3.49. The van der Waals surface area contributed by atoms with Gasteiger partial charge in [-0.15, -0.1) is 0 Å². The molecule has 20 heavy (non-hydrogen) atoms. The number of sulfonamides is 1. The van der Waals surface area contributed by atoms with Gasteiger partial charge in [0.05, 0.1) is 7.11 Å². The Labute approximate surface area is 122 Å². The van der Waals surface area contributed by atoms with Gasteiger partial charge >= 0.3 is 0 Å². The molecule has 5 nitrogen and oxygen atoms in total. The molecule has 0 aromatic heterocycles. The molecule has 1 rings (SSSR count). The van der Waals surface area contributed by atoms with Gasteiger partial charge in [0.2, 0.25) is 10.0 Å². The van der Waals surface area contributed by atoms with Crippen LogP contribution in [0, 0.1) is 0 Å². The van der Waals surface area contributed by atoms with E-state index in [1.165, 1.54) is 11.4 Å². The van der Waals surface area contributed by atoms with Crippen LogP contribution in [0.1, 0.15) is 26.3 Å². The van der Waals surface area contributed by atoms with Crippen LogP contribution >= 0.6 is 0 Å². The molecule has 0 heterocycles. The highest BCUT2D eigenvalue weighted by molar-refractivity contribution is 7.89. The minimum absolute atomic E-state index is 0.206. The maximum absolute atomic E-state index is 12.4. The first-order valence-corrected chi connectivity index (χ1v) is 8.13. The summed E-state index contributed by atoms with van der Waals surface area (Å²) in [7, 11) is -0.447. The van der Waals surface area contributed by atoms with Gasteiger partial charge in [0, 0.05) is 26.2 Å². The maximum Gasteiger partial charge on any atom is 0.246 e. The molecule has 1 aromatic rings. The highest BCUT2D eigenvalue weighted by Crippen LogP contribution is 2.27. The fourth-order valence-electron chi connectivity index (χ4n) is 1.69. The molecule has 0 fully saturated rings. The number of nitrogens with zero attached hydrogens (tertiary/aromatic N) is 1. The van der Waals surface area contributed by atoms with Crippen LogP contribution in [0.4, 0.5) is 0 Å². The van der Waals surface area contributed by atoms with Crippen molar-refractivity contribution in [2.75, 3.05) is 20.7 Å². The van der Waals surface area contributed by atoms with Crippen molar-refractivity contribution in [2.24, 2.45) is 0 Å². The molecule has 0 aliphatic rings. The second kappa shape index (κ2) is 7.06. The van der Waals surface area contributed by atoms with Crippen molar-refractivity contribution in [3.8, 4) is 5.75 Å². The molecule has 1 N–H and O–H groups in total. The number of hydrogen-bond donors (Lipinski definition) is 1. The van der Waals surface area contributed by atoms with E-state index in [1.54, 1.807) is 26.1 Å². The van der Waals surface area contributed by atoms with Gasteiger partial charge in [0.1, 0.15) is 10.6 Å². The summed E-state index contributed by atoms with van der Waals surface area (Å²) in [5, 5.41) is 3.29. The topological polar surface area (TPSA) is 58.6 Å². The third kappa shape index (κ3) is 3.94. The van der Waals surface area contributed by atoms with Crippen molar-refractivity contribution in [3.05, 3.63) is 23.8 Å². The van der Waals surface area contributed by atoms with Gasteiger partial charge in [0.15, 0.2) is 0 Å². The van der Waals surface area contributed by atoms with E-state index in [1.807, 2.05) is 6.07 Å². The minimum Gasteiger partial charge on any atom is -0.495 e. The Morgan fingerprint density at radius 2 is 2.00 bits per heavy atom. The van der Waals surface area contributed by atoms with Crippen LogP contribution in [0.25, 0.3) is 0 Å². The summed E-state index contributed by atoms with van der Waals surface area (Å²) >= 11 is 0. The van der Waals surface area contributed by atoms with E-state index in [9.17, 15) is 8.42 Å². The maximum atomic E-state index is 12.4. The standard InChI is InChI=1S/C14H24N2O3S/c1-6-16(4)20(17,18)14-8-7-12(9-13(14)19-5)10-15-11(2)3/h7-9,11,15H,6,10H2,1-5H3. The summed E-state index contributed by atoms with van der Waals surface area (Å²) in [6, 6.07) is 5.56. The normalized spacial score (nSPS) is 12.2. The molecule has 0 radical (unpaired) electrons. The van der Waals surface area contributed by atoms with Crippen LogP contribution in [0.5, 0.6) is 5.75 Å². The Morgan fingerprint density at radius 1 is 1.35 bits per heavy atom. The number of hydrogen-bond acceptors (Lipinski definition) is 4. The van der Waals surface area contributed by atoms with Crippen LogP contribution in [0.15, 0.2) is 23.1 Å². The van der Waals surface area contributed by atoms with Crippen LogP contribution in [0.3, 0.4) is 0 Å². The average molecular weight is 300 g/mol. The van der Waals surface area contributed by atoms with Gasteiger partial charge in [-0.2, -0.15) is 0 Å². The molecule has 0 bridgehead atoms. The van der Waals surface area contributed by atoms with Crippen LogP contribution < -0.4 is 10.1 Å². The van der Waals surface area contributed by atoms with Gasteiger partial charge < -0.3 is 10.1 Å². The molecule has 0 aliphatic carbocycles. The number of ether oxygens (including phenoxy) is 1. The first kappa shape index (κ1) is 16.9. The van der Waals surface area contributed by atoms with E-state index in [4.69, 9.17) is 4.74 Å². The van der Waals surface area contributed by atoms with E-state index < -0.39 is 10.0 Å². The Morgan fingerprint density at radius 3 is 2.50 bits per heavy atom. The van der Waals surface area contributed by atoms with Crippen LogP contribution in [-0.2, 0) is 16.6 Å². The summed E-state index contributed by atoms with van der Waals surface area (Å²) in [5.41, 5.74) is 0.994. The highest BCUT2D eigenvalue weighted by Gasteiger charge is 2.23. The summed E-state index contributed by atoms with van der Waals surface area (Å²) < 4.78 is 31.2. The lowest BCUT2D eigenvalue weighted by Crippen LogP contribution is -2.27. The van der Waals surface area contributed by atoms with Crippen LogP contribution in [0.2, 0.25) is 0 Å². The first-order valence-electron chi connectivity index (χ1n) is 6.69. The van der Waals surface area contributed by atoms with E-state index >= 15 is 0 Å². The zero-order valence-electron chi connectivity index (χ0n) is 12.8. The predicted molar refractivity (Wildman–Crippen MR) is 80.5 cm³/mol. The Hall–Kier alpha value is -1.11. The number of nitrogens with one attached hydrogen (secondary N) is 1. The second-order valence-electron chi connectivity index (χ2n) is 4.94. The summed E-state index contributed by atoms with van der Waals surface area (Å²) in [6.07, 6.45) is 0. The SMILES string of the molecule is CCN(C)S(=O)(=O)c1ccc(CNC(C)C)cc1OC. The Balaban J connectivity index is 3.11. The zero-order valence-corrected chi connectivity index (χ0v) is 13.6. The third-order valence-corrected chi connectivity index (χ3v) is 5.05. The average Bonchev–Trinajstić information content (AvgIpc) is 2.43. The molecule has 0 atom stereocenters. The number of methoxy groups -OCH3 is 1.